The maximum absolute atomic E-state index is 13.0. The van der Waals surface area contributed by atoms with Gasteiger partial charge in [0.1, 0.15) is 17.0 Å². The minimum absolute atomic E-state index is 0.224. The molecule has 0 aliphatic heterocycles. The number of carbonyl (C=O) groups excluding carboxylic acids is 1. The number of benzene rings is 1. The first kappa shape index (κ1) is 20.1. The molecule has 10 heteroatoms. The van der Waals surface area contributed by atoms with E-state index in [1.807, 2.05) is 0 Å². The number of anilines is 1. The summed E-state index contributed by atoms with van der Waals surface area (Å²) in [4.78, 5) is 17.2. The van der Waals surface area contributed by atoms with Crippen molar-refractivity contribution in [1.29, 1.82) is 5.26 Å². The van der Waals surface area contributed by atoms with Crippen LogP contribution >= 0.6 is 0 Å². The van der Waals surface area contributed by atoms with E-state index in [1.54, 1.807) is 49.8 Å². The highest BCUT2D eigenvalue weighted by molar-refractivity contribution is 6.09. The summed E-state index contributed by atoms with van der Waals surface area (Å²) in [7, 11) is 1.51. The molecule has 0 unspecified atom stereocenters. The second-order valence-electron chi connectivity index (χ2n) is 6.89. The Morgan fingerprint density at radius 1 is 1.42 bits per heavy atom. The molecule has 0 spiro atoms. The van der Waals surface area contributed by atoms with Crippen LogP contribution in [0.5, 0.6) is 5.75 Å². The highest BCUT2D eigenvalue weighted by atomic mass is 16.5. The van der Waals surface area contributed by atoms with E-state index in [4.69, 9.17) is 4.74 Å². The minimum Gasteiger partial charge on any atom is -0.496 e. The zero-order valence-corrected chi connectivity index (χ0v) is 16.9. The number of ether oxygens (including phenoxy) is 1. The number of aromatic nitrogens is 5. The van der Waals surface area contributed by atoms with Gasteiger partial charge in [0.15, 0.2) is 5.65 Å². The van der Waals surface area contributed by atoms with Gasteiger partial charge >= 0.3 is 0 Å². The second-order valence-corrected chi connectivity index (χ2v) is 6.89. The first-order chi connectivity index (χ1) is 15.0. The van der Waals surface area contributed by atoms with Crippen LogP contribution in [0.4, 0.5) is 5.69 Å². The molecule has 0 aliphatic rings. The quantitative estimate of drug-likeness (QED) is 0.491. The summed E-state index contributed by atoms with van der Waals surface area (Å²) < 4.78 is 8.47. The number of aliphatic hydroxyl groups excluding tert-OH is 1. The number of amides is 1. The number of methoxy groups -OCH3 is 1. The fraction of sp³-hybridized carbons (Fsp3) is 0.190. The third kappa shape index (κ3) is 3.94. The third-order valence-electron chi connectivity index (χ3n) is 4.57. The molecular weight excluding hydrogens is 398 g/mol. The Morgan fingerprint density at radius 3 is 3.00 bits per heavy atom. The summed E-state index contributed by atoms with van der Waals surface area (Å²) in [6.45, 7) is 1.86. The van der Waals surface area contributed by atoms with Gasteiger partial charge in [-0.3, -0.25) is 9.48 Å². The van der Waals surface area contributed by atoms with Crippen LogP contribution in [0.1, 0.15) is 22.8 Å². The molecule has 0 aliphatic carbocycles. The fourth-order valence-corrected chi connectivity index (χ4v) is 3.22. The molecular formula is C21H19N7O3. The Balaban J connectivity index is 1.78. The Bertz CT molecular complexity index is 1300. The predicted octanol–water partition coefficient (Wildman–Crippen LogP) is 2.11. The molecule has 0 bridgehead atoms. The Kier molecular flexibility index (Phi) is 5.34. The molecule has 0 fully saturated rings. The minimum atomic E-state index is -0.646. The first-order valence-corrected chi connectivity index (χ1v) is 9.44. The lowest BCUT2D eigenvalue weighted by Gasteiger charge is -2.09. The standard InChI is InChI=1S/C21H19N7O3/c1-13(29)11-27-12-17(19(26-27)15-8-14(9-22)4-5-18(15)31-2)25-21(30)16-10-24-28-7-3-6-23-20(16)28/h3-8,10,12-13,29H,11H2,1-2H3,(H,25,30)/t13-/m0/s1. The van der Waals surface area contributed by atoms with E-state index < -0.39 is 12.0 Å². The number of nitrogens with zero attached hydrogens (tertiary/aromatic N) is 6. The molecule has 3 heterocycles. The van der Waals surface area contributed by atoms with E-state index in [1.165, 1.54) is 22.5 Å². The summed E-state index contributed by atoms with van der Waals surface area (Å²) in [5, 5.41) is 30.6. The highest BCUT2D eigenvalue weighted by Crippen LogP contribution is 2.35. The van der Waals surface area contributed by atoms with E-state index in [0.29, 0.717) is 39.5 Å². The molecule has 1 amide bonds. The van der Waals surface area contributed by atoms with Crippen LogP contribution in [-0.4, -0.2) is 48.6 Å². The lowest BCUT2D eigenvalue weighted by Crippen LogP contribution is -2.13. The van der Waals surface area contributed by atoms with Gasteiger partial charge in [0, 0.05) is 24.2 Å². The number of hydrogen-bond donors (Lipinski definition) is 2. The van der Waals surface area contributed by atoms with E-state index in [0.717, 1.165) is 0 Å². The van der Waals surface area contributed by atoms with E-state index in [-0.39, 0.29) is 6.54 Å². The van der Waals surface area contributed by atoms with Crippen LogP contribution in [0.3, 0.4) is 0 Å². The number of rotatable bonds is 6. The van der Waals surface area contributed by atoms with Crippen LogP contribution in [0.15, 0.2) is 49.1 Å². The largest absolute Gasteiger partial charge is 0.496 e. The second kappa shape index (κ2) is 8.25. The van der Waals surface area contributed by atoms with Crippen molar-refractivity contribution in [3.63, 3.8) is 0 Å². The van der Waals surface area contributed by atoms with Crippen molar-refractivity contribution in [3.8, 4) is 23.1 Å². The monoisotopic (exact) mass is 417 g/mol. The van der Waals surface area contributed by atoms with Gasteiger partial charge in [0.25, 0.3) is 5.91 Å². The first-order valence-electron chi connectivity index (χ1n) is 9.44. The number of fused-ring (bicyclic) bond motifs is 1. The van der Waals surface area contributed by atoms with Crippen molar-refractivity contribution in [1.82, 2.24) is 24.4 Å². The predicted molar refractivity (Wildman–Crippen MR) is 112 cm³/mol. The van der Waals surface area contributed by atoms with Gasteiger partial charge in [-0.05, 0) is 31.2 Å². The van der Waals surface area contributed by atoms with Gasteiger partial charge in [-0.2, -0.15) is 15.5 Å². The van der Waals surface area contributed by atoms with Gasteiger partial charge in [-0.1, -0.05) is 0 Å². The van der Waals surface area contributed by atoms with Crippen LogP contribution in [0.25, 0.3) is 16.9 Å². The Morgan fingerprint density at radius 2 is 2.26 bits per heavy atom. The maximum atomic E-state index is 13.0. The van der Waals surface area contributed by atoms with Crippen molar-refractivity contribution < 1.29 is 14.6 Å². The molecule has 0 saturated carbocycles. The molecule has 31 heavy (non-hydrogen) atoms. The van der Waals surface area contributed by atoms with Crippen molar-refractivity contribution in [2.24, 2.45) is 0 Å². The number of nitriles is 1. The summed E-state index contributed by atoms with van der Waals surface area (Å²) in [6.07, 6.45) is 5.70. The Labute approximate surface area is 177 Å². The molecule has 2 N–H and O–H groups in total. The van der Waals surface area contributed by atoms with E-state index in [9.17, 15) is 15.2 Å². The summed E-state index contributed by atoms with van der Waals surface area (Å²) in [5.74, 6) is 0.0800. The molecule has 4 aromatic rings. The van der Waals surface area contributed by atoms with Gasteiger partial charge in [-0.25, -0.2) is 9.50 Å². The van der Waals surface area contributed by atoms with Crippen LogP contribution < -0.4 is 10.1 Å². The fourth-order valence-electron chi connectivity index (χ4n) is 3.22. The van der Waals surface area contributed by atoms with Crippen molar-refractivity contribution in [2.75, 3.05) is 12.4 Å². The summed E-state index contributed by atoms with van der Waals surface area (Å²) >= 11 is 0. The van der Waals surface area contributed by atoms with Crippen LogP contribution in [-0.2, 0) is 6.54 Å². The Hall–Kier alpha value is -4.23. The molecule has 156 valence electrons. The zero-order chi connectivity index (χ0) is 22.0. The molecule has 0 saturated heterocycles. The van der Waals surface area contributed by atoms with Crippen molar-refractivity contribution >= 4 is 17.2 Å². The zero-order valence-electron chi connectivity index (χ0n) is 16.9. The lowest BCUT2D eigenvalue weighted by atomic mass is 10.1. The van der Waals surface area contributed by atoms with Gasteiger partial charge in [-0.15, -0.1) is 0 Å². The smallest absolute Gasteiger partial charge is 0.261 e. The number of nitrogens with one attached hydrogen (secondary N) is 1. The van der Waals surface area contributed by atoms with Crippen LogP contribution in [0, 0.1) is 11.3 Å². The molecule has 4 rings (SSSR count). The number of carbonyl (C=O) groups is 1. The lowest BCUT2D eigenvalue weighted by molar-refractivity contribution is 0.102. The SMILES string of the molecule is COc1ccc(C#N)cc1-c1nn(C[C@H](C)O)cc1NC(=O)c1cnn2cccnc12. The molecule has 1 aromatic carbocycles. The van der Waals surface area contributed by atoms with Gasteiger partial charge in [0.2, 0.25) is 0 Å². The molecule has 1 atom stereocenters. The van der Waals surface area contributed by atoms with Gasteiger partial charge < -0.3 is 15.2 Å². The van der Waals surface area contributed by atoms with Crippen LogP contribution in [0.2, 0.25) is 0 Å². The number of aliphatic hydroxyl groups is 1. The van der Waals surface area contributed by atoms with Crippen molar-refractivity contribution in [3.05, 3.63) is 60.2 Å². The third-order valence-corrected chi connectivity index (χ3v) is 4.57. The highest BCUT2D eigenvalue weighted by Gasteiger charge is 2.21. The summed E-state index contributed by atoms with van der Waals surface area (Å²) in [6, 6.07) is 8.76. The maximum Gasteiger partial charge on any atom is 0.261 e. The van der Waals surface area contributed by atoms with E-state index in [2.05, 4.69) is 26.6 Å². The average Bonchev–Trinajstić information content (AvgIpc) is 3.36. The molecule has 10 nitrogen and oxygen atoms in total. The average molecular weight is 417 g/mol. The van der Waals surface area contributed by atoms with E-state index >= 15 is 0 Å². The number of hydrogen-bond acceptors (Lipinski definition) is 7. The normalized spacial score (nSPS) is 11.8. The van der Waals surface area contributed by atoms with Gasteiger partial charge in [0.05, 0.1) is 43.3 Å². The van der Waals surface area contributed by atoms with Crippen molar-refractivity contribution in [2.45, 2.75) is 19.6 Å². The molecule has 0 radical (unpaired) electrons. The summed E-state index contributed by atoms with van der Waals surface area (Å²) in [5.41, 5.74) is 2.49. The molecule has 3 aromatic heterocycles. The topological polar surface area (TPSA) is 130 Å².